The Kier molecular flexibility index (Phi) is 4.71. The van der Waals surface area contributed by atoms with Crippen LogP contribution in [0.1, 0.15) is 10.4 Å². The van der Waals surface area contributed by atoms with Crippen molar-refractivity contribution >= 4 is 35.0 Å². The number of Topliss-reactive ketones (excluding diaryl/α,β-unsaturated/α-hetero) is 1. The van der Waals surface area contributed by atoms with Crippen LogP contribution < -0.4 is 9.64 Å². The van der Waals surface area contributed by atoms with Crippen LogP contribution in [0.5, 0.6) is 5.75 Å². The van der Waals surface area contributed by atoms with Gasteiger partial charge in [0, 0.05) is 18.3 Å². The summed E-state index contributed by atoms with van der Waals surface area (Å²) >= 11 is 1.40. The van der Waals surface area contributed by atoms with E-state index >= 15 is 0 Å². The molecule has 0 N–H and O–H groups in total. The summed E-state index contributed by atoms with van der Waals surface area (Å²) in [4.78, 5) is 39.2. The molecule has 24 heavy (non-hydrogen) atoms. The van der Waals surface area contributed by atoms with E-state index in [4.69, 9.17) is 4.74 Å². The largest absolute Gasteiger partial charge is 0.482 e. The van der Waals surface area contributed by atoms with Gasteiger partial charge in [0.25, 0.3) is 5.91 Å². The van der Waals surface area contributed by atoms with Gasteiger partial charge in [-0.1, -0.05) is 6.08 Å². The molecule has 2 aliphatic heterocycles. The van der Waals surface area contributed by atoms with Crippen molar-refractivity contribution in [3.05, 3.63) is 48.0 Å². The number of hydrogen-bond acceptors (Lipinski definition) is 5. The molecule has 0 aliphatic carbocycles. The fourth-order valence-electron chi connectivity index (χ4n) is 2.49. The standard InChI is InChI=1S/C17H16N2O4S/c1-2-5-19-13-8-12(3-4-15(13)23-10-16(19)21)14(20)9-18-6-7-24-11-17(18)22/h2-4,6-8H,1,5,9-11H2. The summed E-state index contributed by atoms with van der Waals surface area (Å²) in [6.07, 6.45) is 3.24. The molecule has 124 valence electrons. The molecule has 0 radical (unpaired) electrons. The minimum absolute atomic E-state index is 0.0229. The molecule has 2 heterocycles. The van der Waals surface area contributed by atoms with Gasteiger partial charge < -0.3 is 14.5 Å². The van der Waals surface area contributed by atoms with Crippen LogP contribution in [0.15, 0.2) is 42.5 Å². The Morgan fingerprint density at radius 3 is 2.92 bits per heavy atom. The van der Waals surface area contributed by atoms with Crippen molar-refractivity contribution < 1.29 is 19.1 Å². The molecule has 2 amide bonds. The van der Waals surface area contributed by atoms with Crippen LogP contribution >= 0.6 is 11.8 Å². The fourth-order valence-corrected chi connectivity index (χ4v) is 3.13. The summed E-state index contributed by atoms with van der Waals surface area (Å²) < 4.78 is 5.40. The number of rotatable bonds is 5. The number of thioether (sulfide) groups is 1. The Hall–Kier alpha value is -2.54. The van der Waals surface area contributed by atoms with Crippen LogP contribution in [-0.2, 0) is 9.59 Å². The Balaban J connectivity index is 1.84. The minimum atomic E-state index is -0.195. The van der Waals surface area contributed by atoms with Crippen molar-refractivity contribution in [1.29, 1.82) is 0 Å². The number of anilines is 1. The number of ketones is 1. The molecule has 0 aromatic heterocycles. The van der Waals surface area contributed by atoms with Crippen molar-refractivity contribution in [2.75, 3.05) is 30.3 Å². The summed E-state index contributed by atoms with van der Waals surface area (Å²) in [5, 5.41) is 1.79. The quantitative estimate of drug-likeness (QED) is 0.602. The van der Waals surface area contributed by atoms with Crippen LogP contribution in [0.25, 0.3) is 0 Å². The highest BCUT2D eigenvalue weighted by atomic mass is 32.2. The van der Waals surface area contributed by atoms with Crippen molar-refractivity contribution in [2.45, 2.75) is 0 Å². The third kappa shape index (κ3) is 3.21. The topological polar surface area (TPSA) is 66.9 Å². The van der Waals surface area contributed by atoms with Gasteiger partial charge in [-0.2, -0.15) is 0 Å². The van der Waals surface area contributed by atoms with Crippen LogP contribution in [0, 0.1) is 0 Å². The van der Waals surface area contributed by atoms with Crippen molar-refractivity contribution in [2.24, 2.45) is 0 Å². The zero-order valence-corrected chi connectivity index (χ0v) is 13.8. The predicted molar refractivity (Wildman–Crippen MR) is 92.1 cm³/mol. The number of ether oxygens (including phenoxy) is 1. The molecule has 0 saturated heterocycles. The number of hydrogen-bond donors (Lipinski definition) is 0. The lowest BCUT2D eigenvalue weighted by Crippen LogP contribution is -2.39. The molecule has 6 nitrogen and oxygen atoms in total. The molecule has 0 saturated carbocycles. The third-order valence-corrected chi connectivity index (χ3v) is 4.44. The van der Waals surface area contributed by atoms with E-state index < -0.39 is 0 Å². The van der Waals surface area contributed by atoms with E-state index in [1.54, 1.807) is 35.9 Å². The van der Waals surface area contributed by atoms with Gasteiger partial charge in [-0.05, 0) is 23.6 Å². The Morgan fingerprint density at radius 1 is 1.33 bits per heavy atom. The molecule has 3 rings (SSSR count). The molecular formula is C17H16N2O4S. The van der Waals surface area contributed by atoms with E-state index in [-0.39, 0.29) is 30.7 Å². The first-order valence-electron chi connectivity index (χ1n) is 7.39. The van der Waals surface area contributed by atoms with Gasteiger partial charge in [-0.15, -0.1) is 18.3 Å². The van der Waals surface area contributed by atoms with Crippen molar-refractivity contribution in [3.63, 3.8) is 0 Å². The molecule has 0 fully saturated rings. The van der Waals surface area contributed by atoms with Gasteiger partial charge in [0.2, 0.25) is 5.91 Å². The molecule has 2 aliphatic rings. The molecule has 1 aromatic rings. The Labute approximate surface area is 143 Å². The molecule has 0 unspecified atom stereocenters. The highest BCUT2D eigenvalue weighted by Gasteiger charge is 2.26. The summed E-state index contributed by atoms with van der Waals surface area (Å²) in [6.45, 7) is 3.94. The van der Waals surface area contributed by atoms with Crippen LogP contribution in [-0.4, -0.2) is 47.9 Å². The van der Waals surface area contributed by atoms with Gasteiger partial charge in [0.15, 0.2) is 12.4 Å². The minimum Gasteiger partial charge on any atom is -0.482 e. The van der Waals surface area contributed by atoms with Crippen LogP contribution in [0.4, 0.5) is 5.69 Å². The number of carbonyl (C=O) groups excluding carboxylic acids is 3. The van der Waals surface area contributed by atoms with Crippen molar-refractivity contribution in [1.82, 2.24) is 4.90 Å². The molecule has 1 aromatic carbocycles. The monoisotopic (exact) mass is 344 g/mol. The number of fused-ring (bicyclic) bond motifs is 1. The summed E-state index contributed by atoms with van der Waals surface area (Å²) in [5.74, 6) is 0.417. The number of nitrogens with zero attached hydrogens (tertiary/aromatic N) is 2. The lowest BCUT2D eigenvalue weighted by Gasteiger charge is -2.29. The second kappa shape index (κ2) is 6.92. The Bertz CT molecular complexity index is 744. The number of benzene rings is 1. The van der Waals surface area contributed by atoms with Gasteiger partial charge in [-0.3, -0.25) is 14.4 Å². The van der Waals surface area contributed by atoms with Gasteiger partial charge in [0.05, 0.1) is 18.0 Å². The molecule has 0 spiro atoms. The zero-order chi connectivity index (χ0) is 17.1. The first-order valence-corrected chi connectivity index (χ1v) is 8.44. The highest BCUT2D eigenvalue weighted by Crippen LogP contribution is 2.33. The first kappa shape index (κ1) is 16.3. The van der Waals surface area contributed by atoms with E-state index in [0.29, 0.717) is 29.3 Å². The van der Waals surface area contributed by atoms with Crippen molar-refractivity contribution in [3.8, 4) is 5.75 Å². The SMILES string of the molecule is C=CCN1C(=O)COc2ccc(C(=O)CN3C=CSCC3=O)cc21. The fraction of sp³-hybridized carbons (Fsp3) is 0.235. The normalized spacial score (nSPS) is 16.7. The van der Waals surface area contributed by atoms with Gasteiger partial charge in [-0.25, -0.2) is 0 Å². The zero-order valence-electron chi connectivity index (χ0n) is 12.9. The van der Waals surface area contributed by atoms with E-state index in [1.165, 1.54) is 21.6 Å². The van der Waals surface area contributed by atoms with Crippen LogP contribution in [0.2, 0.25) is 0 Å². The van der Waals surface area contributed by atoms with E-state index in [1.807, 2.05) is 0 Å². The summed E-state index contributed by atoms with van der Waals surface area (Å²) in [6, 6.07) is 4.95. The highest BCUT2D eigenvalue weighted by molar-refractivity contribution is 8.02. The summed E-state index contributed by atoms with van der Waals surface area (Å²) in [5.41, 5.74) is 0.980. The first-order chi connectivity index (χ1) is 11.6. The van der Waals surface area contributed by atoms with Crippen LogP contribution in [0.3, 0.4) is 0 Å². The molecular weight excluding hydrogens is 328 g/mol. The number of amides is 2. The maximum absolute atomic E-state index is 12.5. The maximum atomic E-state index is 12.5. The third-order valence-electron chi connectivity index (χ3n) is 3.71. The second-order valence-electron chi connectivity index (χ2n) is 5.31. The molecule has 0 bridgehead atoms. The average Bonchev–Trinajstić information content (AvgIpc) is 2.59. The molecule has 7 heteroatoms. The van der Waals surface area contributed by atoms with Gasteiger partial charge >= 0.3 is 0 Å². The van der Waals surface area contributed by atoms with E-state index in [2.05, 4.69) is 6.58 Å². The second-order valence-corrected chi connectivity index (χ2v) is 6.20. The lowest BCUT2D eigenvalue weighted by molar-refractivity contribution is -0.125. The van der Waals surface area contributed by atoms with E-state index in [0.717, 1.165) is 0 Å². The summed E-state index contributed by atoms with van der Waals surface area (Å²) in [7, 11) is 0. The smallest absolute Gasteiger partial charge is 0.265 e. The molecule has 0 atom stereocenters. The van der Waals surface area contributed by atoms with Gasteiger partial charge in [0.1, 0.15) is 5.75 Å². The Morgan fingerprint density at radius 2 is 2.17 bits per heavy atom. The lowest BCUT2D eigenvalue weighted by atomic mass is 10.1. The van der Waals surface area contributed by atoms with E-state index in [9.17, 15) is 14.4 Å². The predicted octanol–water partition coefficient (Wildman–Crippen LogP) is 1.83. The average molecular weight is 344 g/mol. The number of carbonyl (C=O) groups is 3. The maximum Gasteiger partial charge on any atom is 0.265 e.